The van der Waals surface area contributed by atoms with Crippen molar-refractivity contribution >= 4 is 5.91 Å². The highest BCUT2D eigenvalue weighted by Gasteiger charge is 2.28. The number of carbonyl (C=O) groups excluding carboxylic acids is 1. The molecule has 3 rings (SSSR count). The molecule has 1 amide bonds. The lowest BCUT2D eigenvalue weighted by atomic mass is 9.95. The molecule has 2 aliphatic rings. The Morgan fingerprint density at radius 1 is 1.32 bits per heavy atom. The van der Waals surface area contributed by atoms with Crippen LogP contribution in [0.2, 0.25) is 0 Å². The van der Waals surface area contributed by atoms with E-state index in [1.165, 1.54) is 5.56 Å². The van der Waals surface area contributed by atoms with Gasteiger partial charge in [0.2, 0.25) is 5.91 Å². The second-order valence-corrected chi connectivity index (χ2v) is 5.81. The van der Waals surface area contributed by atoms with Gasteiger partial charge in [0.1, 0.15) is 5.75 Å². The fourth-order valence-corrected chi connectivity index (χ4v) is 3.00. The van der Waals surface area contributed by atoms with E-state index < -0.39 is 0 Å². The zero-order valence-corrected chi connectivity index (χ0v) is 11.5. The summed E-state index contributed by atoms with van der Waals surface area (Å²) in [6.45, 7) is 4.77. The number of hydrogen-bond donors (Lipinski definition) is 0. The van der Waals surface area contributed by atoms with Crippen LogP contribution in [0, 0.1) is 5.92 Å². The van der Waals surface area contributed by atoms with Crippen LogP contribution in [0.4, 0.5) is 0 Å². The van der Waals surface area contributed by atoms with Crippen molar-refractivity contribution in [2.75, 3.05) is 19.7 Å². The maximum atomic E-state index is 12.3. The molecule has 0 N–H and O–H groups in total. The fraction of sp³-hybridized carbons (Fsp3) is 0.562. The minimum absolute atomic E-state index is 0.239. The van der Waals surface area contributed by atoms with E-state index in [-0.39, 0.29) is 11.8 Å². The van der Waals surface area contributed by atoms with Gasteiger partial charge in [-0.3, -0.25) is 4.79 Å². The van der Waals surface area contributed by atoms with Crippen LogP contribution < -0.4 is 4.74 Å². The number of fused-ring (bicyclic) bond motifs is 1. The Kier molecular flexibility index (Phi) is 3.45. The number of carbonyl (C=O) groups is 1. The fourth-order valence-electron chi connectivity index (χ4n) is 3.00. The van der Waals surface area contributed by atoms with E-state index in [1.807, 2.05) is 23.1 Å². The van der Waals surface area contributed by atoms with Crippen LogP contribution in [0.5, 0.6) is 5.75 Å². The lowest BCUT2D eigenvalue weighted by Crippen LogP contribution is -2.38. The number of ether oxygens (including phenoxy) is 1. The summed E-state index contributed by atoms with van der Waals surface area (Å²) >= 11 is 0. The van der Waals surface area contributed by atoms with Gasteiger partial charge in [-0.05, 0) is 24.8 Å². The van der Waals surface area contributed by atoms with Gasteiger partial charge in [0.15, 0.2) is 0 Å². The van der Waals surface area contributed by atoms with Crippen molar-refractivity contribution in [3.8, 4) is 5.75 Å². The molecule has 19 heavy (non-hydrogen) atoms. The number of benzene rings is 1. The SMILES string of the molecule is CC1CCN(C(=O)CC2COc3ccccc32)CC1. The number of piperidine rings is 1. The molecule has 102 valence electrons. The van der Waals surface area contributed by atoms with Gasteiger partial charge in [-0.15, -0.1) is 0 Å². The van der Waals surface area contributed by atoms with Gasteiger partial charge in [-0.25, -0.2) is 0 Å². The van der Waals surface area contributed by atoms with Gasteiger partial charge < -0.3 is 9.64 Å². The Bertz CT molecular complexity index is 464. The van der Waals surface area contributed by atoms with Crippen LogP contribution >= 0.6 is 0 Å². The molecule has 0 radical (unpaired) electrons. The summed E-state index contributed by atoms with van der Waals surface area (Å²) in [6.07, 6.45) is 2.87. The second-order valence-electron chi connectivity index (χ2n) is 5.81. The smallest absolute Gasteiger partial charge is 0.223 e. The molecule has 1 aromatic rings. The summed E-state index contributed by atoms with van der Waals surface area (Å²) in [4.78, 5) is 14.4. The zero-order valence-electron chi connectivity index (χ0n) is 11.5. The molecule has 2 aliphatic heterocycles. The van der Waals surface area contributed by atoms with Crippen LogP contribution in [0.25, 0.3) is 0 Å². The lowest BCUT2D eigenvalue weighted by molar-refractivity contribution is -0.133. The van der Waals surface area contributed by atoms with Crippen molar-refractivity contribution in [3.05, 3.63) is 29.8 Å². The summed E-state index contributed by atoms with van der Waals surface area (Å²) in [6, 6.07) is 8.07. The molecule has 1 saturated heterocycles. The van der Waals surface area contributed by atoms with E-state index in [4.69, 9.17) is 4.74 Å². The molecule has 1 fully saturated rings. The highest BCUT2D eigenvalue weighted by atomic mass is 16.5. The molecular weight excluding hydrogens is 238 g/mol. The second kappa shape index (κ2) is 5.24. The van der Waals surface area contributed by atoms with Gasteiger partial charge in [0.05, 0.1) is 6.61 Å². The van der Waals surface area contributed by atoms with Crippen molar-refractivity contribution < 1.29 is 9.53 Å². The summed E-state index contributed by atoms with van der Waals surface area (Å²) in [5, 5.41) is 0. The van der Waals surface area contributed by atoms with Gasteiger partial charge in [-0.1, -0.05) is 25.1 Å². The third kappa shape index (κ3) is 2.60. The largest absolute Gasteiger partial charge is 0.493 e. The number of amides is 1. The molecule has 1 unspecified atom stereocenters. The van der Waals surface area contributed by atoms with Gasteiger partial charge in [-0.2, -0.15) is 0 Å². The quantitative estimate of drug-likeness (QED) is 0.817. The highest BCUT2D eigenvalue weighted by Crippen LogP contribution is 2.36. The molecule has 1 atom stereocenters. The molecule has 3 heteroatoms. The average Bonchev–Trinajstić information content (AvgIpc) is 2.83. The van der Waals surface area contributed by atoms with E-state index in [0.29, 0.717) is 13.0 Å². The first-order valence-corrected chi connectivity index (χ1v) is 7.23. The molecule has 0 saturated carbocycles. The standard InChI is InChI=1S/C16H21NO2/c1-12-6-8-17(9-7-12)16(18)10-13-11-19-15-5-3-2-4-14(13)15/h2-5,12-13H,6-11H2,1H3. The molecule has 0 aliphatic carbocycles. The Morgan fingerprint density at radius 2 is 2.05 bits per heavy atom. The normalized spacial score (nSPS) is 23.0. The maximum absolute atomic E-state index is 12.3. The minimum atomic E-state index is 0.239. The molecule has 0 spiro atoms. The average molecular weight is 259 g/mol. The Hall–Kier alpha value is -1.51. The predicted octanol–water partition coefficient (Wildman–Crippen LogP) is 2.81. The lowest BCUT2D eigenvalue weighted by Gasteiger charge is -2.31. The number of nitrogens with zero attached hydrogens (tertiary/aromatic N) is 1. The van der Waals surface area contributed by atoms with Crippen molar-refractivity contribution in [1.29, 1.82) is 0 Å². The summed E-state index contributed by atoms with van der Waals surface area (Å²) in [7, 11) is 0. The van der Waals surface area contributed by atoms with Crippen LogP contribution in [-0.4, -0.2) is 30.5 Å². The van der Waals surface area contributed by atoms with E-state index in [9.17, 15) is 4.79 Å². The van der Waals surface area contributed by atoms with Gasteiger partial charge >= 0.3 is 0 Å². The van der Waals surface area contributed by atoms with Crippen LogP contribution in [-0.2, 0) is 4.79 Å². The minimum Gasteiger partial charge on any atom is -0.493 e. The number of rotatable bonds is 2. The summed E-state index contributed by atoms with van der Waals surface area (Å²) in [5.41, 5.74) is 1.20. The Morgan fingerprint density at radius 3 is 2.84 bits per heavy atom. The first-order chi connectivity index (χ1) is 9.24. The van der Waals surface area contributed by atoms with Crippen LogP contribution in [0.1, 0.15) is 37.7 Å². The highest BCUT2D eigenvalue weighted by molar-refractivity contribution is 5.77. The zero-order chi connectivity index (χ0) is 13.2. The van der Waals surface area contributed by atoms with E-state index in [2.05, 4.69) is 13.0 Å². The predicted molar refractivity (Wildman–Crippen MR) is 74.3 cm³/mol. The first-order valence-electron chi connectivity index (χ1n) is 7.23. The van der Waals surface area contributed by atoms with E-state index >= 15 is 0 Å². The van der Waals surface area contributed by atoms with Crippen molar-refractivity contribution in [1.82, 2.24) is 4.90 Å². The maximum Gasteiger partial charge on any atom is 0.223 e. The number of hydrogen-bond acceptors (Lipinski definition) is 2. The number of likely N-dealkylation sites (tertiary alicyclic amines) is 1. The molecule has 3 nitrogen and oxygen atoms in total. The molecular formula is C16H21NO2. The first kappa shape index (κ1) is 12.5. The third-order valence-corrected chi connectivity index (χ3v) is 4.36. The van der Waals surface area contributed by atoms with Crippen molar-refractivity contribution in [2.24, 2.45) is 5.92 Å². The summed E-state index contributed by atoms with van der Waals surface area (Å²) in [5.74, 6) is 2.24. The molecule has 1 aromatic carbocycles. The van der Waals surface area contributed by atoms with E-state index in [1.54, 1.807) is 0 Å². The van der Waals surface area contributed by atoms with Gasteiger partial charge in [0.25, 0.3) is 0 Å². The van der Waals surface area contributed by atoms with Crippen molar-refractivity contribution in [2.45, 2.75) is 32.1 Å². The topological polar surface area (TPSA) is 29.5 Å². The molecule has 2 heterocycles. The van der Waals surface area contributed by atoms with E-state index in [0.717, 1.165) is 37.6 Å². The molecule has 0 aromatic heterocycles. The third-order valence-electron chi connectivity index (χ3n) is 4.36. The van der Waals surface area contributed by atoms with Crippen molar-refractivity contribution in [3.63, 3.8) is 0 Å². The van der Waals surface area contributed by atoms with Crippen LogP contribution in [0.15, 0.2) is 24.3 Å². The van der Waals surface area contributed by atoms with Gasteiger partial charge in [0, 0.05) is 31.0 Å². The Balaban J connectivity index is 1.62. The monoisotopic (exact) mass is 259 g/mol. The molecule has 0 bridgehead atoms. The Labute approximate surface area is 114 Å². The number of para-hydroxylation sites is 1. The van der Waals surface area contributed by atoms with Crippen LogP contribution in [0.3, 0.4) is 0 Å². The summed E-state index contributed by atoms with van der Waals surface area (Å²) < 4.78 is 5.65.